The maximum atomic E-state index is 10.2. The van der Waals surface area contributed by atoms with Gasteiger partial charge in [-0.25, -0.2) is 0 Å². The highest BCUT2D eigenvalue weighted by molar-refractivity contribution is 5.77. The standard InChI is InChI=1S/C8H11NO/c1-3-8(7-10)5-6-9-4-2/h3-7H,1-2H3/b6-5-,8-3+,9-4?. The lowest BCUT2D eigenvalue weighted by atomic mass is 10.3. The Morgan fingerprint density at radius 3 is 2.50 bits per heavy atom. The fraction of sp³-hybridized carbons (Fsp3) is 0.250. The molecule has 0 saturated carbocycles. The summed E-state index contributed by atoms with van der Waals surface area (Å²) in [6.45, 7) is 3.63. The molecule has 0 aromatic rings. The van der Waals surface area contributed by atoms with E-state index in [1.807, 2.05) is 13.8 Å². The third-order valence-electron chi connectivity index (χ3n) is 0.972. The highest BCUT2D eigenvalue weighted by Crippen LogP contribution is 1.90. The molecule has 0 radical (unpaired) electrons. The second-order valence-electron chi connectivity index (χ2n) is 1.63. The van der Waals surface area contributed by atoms with E-state index >= 15 is 0 Å². The molecule has 0 aliphatic carbocycles. The zero-order valence-corrected chi connectivity index (χ0v) is 6.24. The van der Waals surface area contributed by atoms with Crippen molar-refractivity contribution in [2.75, 3.05) is 0 Å². The van der Waals surface area contributed by atoms with Crippen molar-refractivity contribution in [1.82, 2.24) is 0 Å². The van der Waals surface area contributed by atoms with Gasteiger partial charge in [0.15, 0.2) is 0 Å². The summed E-state index contributed by atoms with van der Waals surface area (Å²) in [7, 11) is 0. The molecular formula is C8H11NO. The molecule has 2 heteroatoms. The maximum Gasteiger partial charge on any atom is 0.149 e. The Hall–Kier alpha value is -1.18. The molecule has 0 aliphatic rings. The zero-order valence-electron chi connectivity index (χ0n) is 6.24. The SMILES string of the molecule is CC=N/C=C\C(C=O)=C/C. The quantitative estimate of drug-likeness (QED) is 0.252. The lowest BCUT2D eigenvalue weighted by Gasteiger charge is -1.81. The molecule has 54 valence electrons. The number of aliphatic imine (C=N–C) groups is 1. The van der Waals surface area contributed by atoms with E-state index < -0.39 is 0 Å². The molecule has 0 rings (SSSR count). The molecule has 0 aliphatic heterocycles. The normalized spacial score (nSPS) is 13.2. The number of hydrogen-bond donors (Lipinski definition) is 0. The number of hydrogen-bond acceptors (Lipinski definition) is 2. The van der Waals surface area contributed by atoms with Gasteiger partial charge in [0.1, 0.15) is 6.29 Å². The molecule has 10 heavy (non-hydrogen) atoms. The van der Waals surface area contributed by atoms with Gasteiger partial charge in [-0.05, 0) is 19.9 Å². The molecule has 0 spiro atoms. The van der Waals surface area contributed by atoms with Crippen LogP contribution < -0.4 is 0 Å². The third-order valence-corrected chi connectivity index (χ3v) is 0.972. The van der Waals surface area contributed by atoms with Gasteiger partial charge < -0.3 is 0 Å². The van der Waals surface area contributed by atoms with Gasteiger partial charge in [0, 0.05) is 18.0 Å². The van der Waals surface area contributed by atoms with Crippen LogP contribution in [0, 0.1) is 0 Å². The fourth-order valence-corrected chi connectivity index (χ4v) is 0.419. The van der Waals surface area contributed by atoms with E-state index in [4.69, 9.17) is 0 Å². The minimum Gasteiger partial charge on any atom is -0.298 e. The Morgan fingerprint density at radius 2 is 2.10 bits per heavy atom. The molecule has 0 atom stereocenters. The summed E-state index contributed by atoms with van der Waals surface area (Å²) < 4.78 is 0. The second-order valence-corrected chi connectivity index (χ2v) is 1.63. The minimum atomic E-state index is 0.644. The Labute approximate surface area is 61.0 Å². The first-order chi connectivity index (χ1) is 4.85. The van der Waals surface area contributed by atoms with E-state index in [9.17, 15) is 4.79 Å². The molecule has 0 heterocycles. The van der Waals surface area contributed by atoms with Crippen LogP contribution in [-0.4, -0.2) is 12.5 Å². The van der Waals surface area contributed by atoms with Crippen LogP contribution in [0.25, 0.3) is 0 Å². The Bertz CT molecular complexity index is 178. The number of aldehydes is 1. The first-order valence-electron chi connectivity index (χ1n) is 3.11. The third kappa shape index (κ3) is 3.78. The summed E-state index contributed by atoms with van der Waals surface area (Å²) in [6, 6.07) is 0. The average Bonchev–Trinajstić information content (AvgIpc) is 1.99. The van der Waals surface area contributed by atoms with E-state index in [1.165, 1.54) is 0 Å². The van der Waals surface area contributed by atoms with Gasteiger partial charge in [-0.3, -0.25) is 9.79 Å². The highest BCUT2D eigenvalue weighted by atomic mass is 16.1. The van der Waals surface area contributed by atoms with E-state index in [-0.39, 0.29) is 0 Å². The molecule has 0 unspecified atom stereocenters. The monoisotopic (exact) mass is 137 g/mol. The predicted molar refractivity (Wildman–Crippen MR) is 43.1 cm³/mol. The average molecular weight is 137 g/mol. The summed E-state index contributed by atoms with van der Waals surface area (Å²) in [5.74, 6) is 0. The zero-order chi connectivity index (χ0) is 7.82. The van der Waals surface area contributed by atoms with Gasteiger partial charge in [0.25, 0.3) is 0 Å². The van der Waals surface area contributed by atoms with Crippen molar-refractivity contribution in [3.63, 3.8) is 0 Å². The van der Waals surface area contributed by atoms with Gasteiger partial charge >= 0.3 is 0 Å². The number of carbonyl (C=O) groups excluding carboxylic acids is 1. The van der Waals surface area contributed by atoms with Gasteiger partial charge in [0.05, 0.1) is 0 Å². The molecule has 0 aromatic heterocycles. The van der Waals surface area contributed by atoms with Crippen LogP contribution in [0.4, 0.5) is 0 Å². The Kier molecular flexibility index (Phi) is 5.25. The fourth-order valence-electron chi connectivity index (χ4n) is 0.419. The van der Waals surface area contributed by atoms with Gasteiger partial charge in [-0.15, -0.1) is 0 Å². The van der Waals surface area contributed by atoms with Crippen molar-refractivity contribution >= 4 is 12.5 Å². The van der Waals surface area contributed by atoms with Crippen molar-refractivity contribution in [2.24, 2.45) is 4.99 Å². The van der Waals surface area contributed by atoms with Gasteiger partial charge in [0.2, 0.25) is 0 Å². The molecule has 0 N–H and O–H groups in total. The number of carbonyl (C=O) groups is 1. The maximum absolute atomic E-state index is 10.2. The summed E-state index contributed by atoms with van der Waals surface area (Å²) in [4.78, 5) is 14.0. The van der Waals surface area contributed by atoms with Gasteiger partial charge in [-0.2, -0.15) is 0 Å². The minimum absolute atomic E-state index is 0.644. The van der Waals surface area contributed by atoms with Crippen molar-refractivity contribution in [3.8, 4) is 0 Å². The van der Waals surface area contributed by atoms with Crippen LogP contribution in [-0.2, 0) is 4.79 Å². The Balaban J connectivity index is 3.98. The van der Waals surface area contributed by atoms with Crippen LogP contribution in [0.15, 0.2) is 28.9 Å². The molecular weight excluding hydrogens is 126 g/mol. The van der Waals surface area contributed by atoms with Crippen LogP contribution in [0.5, 0.6) is 0 Å². The van der Waals surface area contributed by atoms with E-state index in [0.29, 0.717) is 5.57 Å². The molecule has 0 fully saturated rings. The topological polar surface area (TPSA) is 29.4 Å². The van der Waals surface area contributed by atoms with Crippen LogP contribution in [0.2, 0.25) is 0 Å². The first kappa shape index (κ1) is 8.82. The lowest BCUT2D eigenvalue weighted by molar-refractivity contribution is -0.104. The summed E-state index contributed by atoms with van der Waals surface area (Å²) in [5.41, 5.74) is 0.644. The van der Waals surface area contributed by atoms with Crippen LogP contribution in [0.3, 0.4) is 0 Å². The lowest BCUT2D eigenvalue weighted by Crippen LogP contribution is -1.75. The van der Waals surface area contributed by atoms with Crippen molar-refractivity contribution in [1.29, 1.82) is 0 Å². The molecule has 0 aromatic carbocycles. The smallest absolute Gasteiger partial charge is 0.149 e. The first-order valence-corrected chi connectivity index (χ1v) is 3.11. The number of allylic oxidation sites excluding steroid dienone is 3. The molecule has 2 nitrogen and oxygen atoms in total. The number of nitrogens with zero attached hydrogens (tertiary/aromatic N) is 1. The number of rotatable bonds is 3. The summed E-state index contributed by atoms with van der Waals surface area (Å²) in [6.07, 6.45) is 7.43. The predicted octanol–water partition coefficient (Wildman–Crippen LogP) is 1.74. The van der Waals surface area contributed by atoms with Crippen LogP contribution >= 0.6 is 0 Å². The van der Waals surface area contributed by atoms with Crippen molar-refractivity contribution < 1.29 is 4.79 Å². The molecule has 0 bridgehead atoms. The van der Waals surface area contributed by atoms with Gasteiger partial charge in [-0.1, -0.05) is 6.08 Å². The largest absolute Gasteiger partial charge is 0.298 e. The molecule has 0 amide bonds. The van der Waals surface area contributed by atoms with E-state index in [0.717, 1.165) is 6.29 Å². The van der Waals surface area contributed by atoms with E-state index in [2.05, 4.69) is 4.99 Å². The van der Waals surface area contributed by atoms with E-state index in [1.54, 1.807) is 24.6 Å². The molecule has 0 saturated heterocycles. The van der Waals surface area contributed by atoms with Crippen LogP contribution in [0.1, 0.15) is 13.8 Å². The Morgan fingerprint density at radius 1 is 1.40 bits per heavy atom. The van der Waals surface area contributed by atoms with Crippen molar-refractivity contribution in [3.05, 3.63) is 23.9 Å². The summed E-state index contributed by atoms with van der Waals surface area (Å²) >= 11 is 0. The van der Waals surface area contributed by atoms with Crippen molar-refractivity contribution in [2.45, 2.75) is 13.8 Å². The summed E-state index contributed by atoms with van der Waals surface area (Å²) in [5, 5.41) is 0. The highest BCUT2D eigenvalue weighted by Gasteiger charge is 1.81. The second kappa shape index (κ2) is 5.95.